The molecule has 21 heavy (non-hydrogen) atoms. The number of hydrogen-bond acceptors (Lipinski definition) is 2. The van der Waals surface area contributed by atoms with Gasteiger partial charge in [-0.3, -0.25) is 4.79 Å². The van der Waals surface area contributed by atoms with Crippen molar-refractivity contribution in [2.24, 2.45) is 5.92 Å². The van der Waals surface area contributed by atoms with Crippen LogP contribution < -0.4 is 5.32 Å². The Morgan fingerprint density at radius 2 is 2.14 bits per heavy atom. The van der Waals surface area contributed by atoms with Crippen molar-refractivity contribution >= 4 is 41.5 Å². The first-order chi connectivity index (χ1) is 9.59. The minimum atomic E-state index is 0. The summed E-state index contributed by atoms with van der Waals surface area (Å²) in [5.41, 5.74) is 1.01. The van der Waals surface area contributed by atoms with Crippen LogP contribution in [0, 0.1) is 5.92 Å². The first-order valence-corrected chi connectivity index (χ1v) is 7.80. The molecule has 1 aromatic rings. The molecule has 3 unspecified atom stereocenters. The number of nitrogens with one attached hydrogen (secondary N) is 1. The zero-order valence-corrected chi connectivity index (χ0v) is 14.1. The van der Waals surface area contributed by atoms with Crippen LogP contribution >= 0.6 is 35.6 Å². The van der Waals surface area contributed by atoms with Gasteiger partial charge in [0.25, 0.3) is 0 Å². The van der Waals surface area contributed by atoms with Crippen LogP contribution in [0.1, 0.15) is 24.8 Å². The molecule has 1 aliphatic carbocycles. The van der Waals surface area contributed by atoms with Crippen LogP contribution in [-0.2, 0) is 4.79 Å². The normalized spacial score (nSPS) is 28.0. The van der Waals surface area contributed by atoms with Crippen molar-refractivity contribution in [2.45, 2.75) is 25.3 Å². The lowest BCUT2D eigenvalue weighted by atomic mass is 10.1. The average molecular weight is 350 g/mol. The van der Waals surface area contributed by atoms with E-state index in [0.29, 0.717) is 10.0 Å². The van der Waals surface area contributed by atoms with E-state index in [1.807, 2.05) is 17.0 Å². The molecule has 1 N–H and O–H groups in total. The lowest BCUT2D eigenvalue weighted by Crippen LogP contribution is -2.52. The summed E-state index contributed by atoms with van der Waals surface area (Å²) < 4.78 is 0. The van der Waals surface area contributed by atoms with Crippen molar-refractivity contribution < 1.29 is 4.79 Å². The summed E-state index contributed by atoms with van der Waals surface area (Å²) in [5.74, 6) is 0.572. The van der Waals surface area contributed by atoms with Gasteiger partial charge in [-0.25, -0.2) is 0 Å². The van der Waals surface area contributed by atoms with E-state index in [1.54, 1.807) is 6.07 Å². The molecule has 3 rings (SSSR count). The summed E-state index contributed by atoms with van der Waals surface area (Å²) in [6.45, 7) is 4.65. The minimum Gasteiger partial charge on any atom is -0.337 e. The molecular formula is C15H19Cl3N2O. The number of benzene rings is 1. The highest BCUT2D eigenvalue weighted by Gasteiger charge is 2.47. The van der Waals surface area contributed by atoms with Gasteiger partial charge in [0.15, 0.2) is 0 Å². The van der Waals surface area contributed by atoms with E-state index in [2.05, 4.69) is 12.2 Å². The molecule has 2 fully saturated rings. The molecule has 0 radical (unpaired) electrons. The van der Waals surface area contributed by atoms with Gasteiger partial charge in [-0.05, 0) is 30.9 Å². The molecule has 1 amide bonds. The van der Waals surface area contributed by atoms with Crippen LogP contribution in [-0.4, -0.2) is 36.5 Å². The third kappa shape index (κ3) is 3.31. The fourth-order valence-corrected chi connectivity index (χ4v) is 3.45. The maximum Gasteiger partial charge on any atom is 0.226 e. The smallest absolute Gasteiger partial charge is 0.226 e. The lowest BCUT2D eigenvalue weighted by molar-refractivity contribution is -0.135. The first-order valence-electron chi connectivity index (χ1n) is 7.04. The minimum absolute atomic E-state index is 0. The Balaban J connectivity index is 0.00000161. The number of rotatable bonds is 2. The van der Waals surface area contributed by atoms with Crippen molar-refractivity contribution in [2.75, 3.05) is 19.6 Å². The van der Waals surface area contributed by atoms with E-state index in [9.17, 15) is 4.79 Å². The molecular weight excluding hydrogens is 331 g/mol. The van der Waals surface area contributed by atoms with Crippen molar-refractivity contribution in [1.29, 1.82) is 0 Å². The number of hydrogen-bond donors (Lipinski definition) is 1. The average Bonchev–Trinajstić information content (AvgIpc) is 3.22. The van der Waals surface area contributed by atoms with Crippen molar-refractivity contribution in [3.05, 3.63) is 33.8 Å². The molecule has 2 aliphatic rings. The van der Waals surface area contributed by atoms with Crippen molar-refractivity contribution in [3.8, 4) is 0 Å². The molecule has 1 heterocycles. The third-order valence-electron chi connectivity index (χ3n) is 4.27. The fourth-order valence-electron chi connectivity index (χ4n) is 3.00. The quantitative estimate of drug-likeness (QED) is 0.888. The molecule has 0 aromatic heterocycles. The van der Waals surface area contributed by atoms with Gasteiger partial charge in [-0.15, -0.1) is 12.4 Å². The summed E-state index contributed by atoms with van der Waals surface area (Å²) in [4.78, 5) is 14.6. The molecule has 3 nitrogen and oxygen atoms in total. The van der Waals surface area contributed by atoms with Crippen LogP contribution in [0.25, 0.3) is 0 Å². The van der Waals surface area contributed by atoms with Gasteiger partial charge in [-0.1, -0.05) is 35.3 Å². The monoisotopic (exact) mass is 348 g/mol. The third-order valence-corrected chi connectivity index (χ3v) is 5.11. The van der Waals surface area contributed by atoms with Crippen molar-refractivity contribution in [3.63, 3.8) is 0 Å². The summed E-state index contributed by atoms with van der Waals surface area (Å²) >= 11 is 12.3. The summed E-state index contributed by atoms with van der Waals surface area (Å²) in [5, 5.41) is 4.47. The van der Waals surface area contributed by atoms with E-state index in [-0.39, 0.29) is 36.2 Å². The van der Waals surface area contributed by atoms with E-state index in [1.165, 1.54) is 0 Å². The molecule has 6 heteroatoms. The lowest BCUT2D eigenvalue weighted by Gasteiger charge is -2.34. The van der Waals surface area contributed by atoms with Crippen LogP contribution in [0.3, 0.4) is 0 Å². The van der Waals surface area contributed by atoms with Gasteiger partial charge >= 0.3 is 0 Å². The number of carbonyl (C=O) groups is 1. The molecule has 0 bridgehead atoms. The Kier molecular flexibility index (Phi) is 5.42. The molecule has 116 valence electrons. The Labute approximate surface area is 141 Å². The highest BCUT2D eigenvalue weighted by Crippen LogP contribution is 2.51. The molecule has 1 saturated heterocycles. The Hall–Kier alpha value is -0.480. The SMILES string of the molecule is CC1CNCCN1C(=O)C1CC1c1cccc(Cl)c1Cl.Cl. The largest absolute Gasteiger partial charge is 0.337 e. The second-order valence-electron chi connectivity index (χ2n) is 5.68. The Bertz CT molecular complexity index is 538. The molecule has 1 aliphatic heterocycles. The fraction of sp³-hybridized carbons (Fsp3) is 0.533. The molecule has 1 saturated carbocycles. The van der Waals surface area contributed by atoms with Gasteiger partial charge in [0.05, 0.1) is 10.0 Å². The second kappa shape index (κ2) is 6.74. The summed E-state index contributed by atoms with van der Waals surface area (Å²) in [6.07, 6.45) is 0.884. The van der Waals surface area contributed by atoms with E-state index in [0.717, 1.165) is 31.6 Å². The number of halogens is 3. The Morgan fingerprint density at radius 3 is 2.86 bits per heavy atom. The topological polar surface area (TPSA) is 32.3 Å². The zero-order valence-electron chi connectivity index (χ0n) is 11.8. The highest BCUT2D eigenvalue weighted by molar-refractivity contribution is 6.42. The van der Waals surface area contributed by atoms with Crippen LogP contribution in [0.5, 0.6) is 0 Å². The Morgan fingerprint density at radius 1 is 1.38 bits per heavy atom. The summed E-state index contributed by atoms with van der Waals surface area (Å²) in [7, 11) is 0. The predicted molar refractivity (Wildman–Crippen MR) is 88.6 cm³/mol. The molecule has 1 aromatic carbocycles. The predicted octanol–water partition coefficient (Wildman–Crippen LogP) is 3.34. The number of piperazine rings is 1. The van der Waals surface area contributed by atoms with Gasteiger partial charge < -0.3 is 10.2 Å². The van der Waals surface area contributed by atoms with E-state index in [4.69, 9.17) is 23.2 Å². The van der Waals surface area contributed by atoms with Gasteiger partial charge in [-0.2, -0.15) is 0 Å². The second-order valence-corrected chi connectivity index (χ2v) is 6.46. The van der Waals surface area contributed by atoms with Crippen LogP contribution in [0.2, 0.25) is 10.0 Å². The maximum atomic E-state index is 12.6. The highest BCUT2D eigenvalue weighted by atomic mass is 35.5. The maximum absolute atomic E-state index is 12.6. The number of amides is 1. The van der Waals surface area contributed by atoms with Gasteiger partial charge in [0, 0.05) is 31.6 Å². The molecule has 3 atom stereocenters. The van der Waals surface area contributed by atoms with E-state index >= 15 is 0 Å². The molecule has 0 spiro atoms. The summed E-state index contributed by atoms with van der Waals surface area (Å²) in [6, 6.07) is 5.93. The van der Waals surface area contributed by atoms with Gasteiger partial charge in [0.1, 0.15) is 0 Å². The number of carbonyl (C=O) groups excluding carboxylic acids is 1. The standard InChI is InChI=1S/C15H18Cl2N2O.ClH/c1-9-8-18-5-6-19(9)15(20)12-7-11(12)10-3-2-4-13(16)14(10)17;/h2-4,9,11-12,18H,5-8H2,1H3;1H. The first kappa shape index (κ1) is 16.9. The number of nitrogens with zero attached hydrogens (tertiary/aromatic N) is 1. The van der Waals surface area contributed by atoms with Crippen LogP contribution in [0.4, 0.5) is 0 Å². The zero-order chi connectivity index (χ0) is 14.3. The van der Waals surface area contributed by atoms with Crippen molar-refractivity contribution in [1.82, 2.24) is 10.2 Å². The van der Waals surface area contributed by atoms with Gasteiger partial charge in [0.2, 0.25) is 5.91 Å². The van der Waals surface area contributed by atoms with E-state index < -0.39 is 0 Å². The van der Waals surface area contributed by atoms with Crippen LogP contribution in [0.15, 0.2) is 18.2 Å².